The normalized spacial score (nSPS) is 14.8. The van der Waals surface area contributed by atoms with Crippen molar-refractivity contribution in [3.8, 4) is 0 Å². The Hall–Kier alpha value is -2.63. The van der Waals surface area contributed by atoms with Crippen LogP contribution in [0.15, 0.2) is 35.4 Å². The lowest BCUT2D eigenvalue weighted by molar-refractivity contribution is -0.131. The number of hydrazone groups is 1. The highest BCUT2D eigenvalue weighted by atomic mass is 16.2. The van der Waals surface area contributed by atoms with Crippen LogP contribution < -0.4 is 0 Å². The first-order valence-electron chi connectivity index (χ1n) is 9.52. The van der Waals surface area contributed by atoms with Gasteiger partial charge in [0.15, 0.2) is 0 Å². The van der Waals surface area contributed by atoms with Crippen molar-refractivity contribution < 1.29 is 9.59 Å². The number of hydrogen-bond acceptors (Lipinski definition) is 3. The molecule has 0 N–H and O–H groups in total. The van der Waals surface area contributed by atoms with E-state index >= 15 is 0 Å². The number of nitrogens with zero attached hydrogens (tertiary/aromatic N) is 4. The van der Waals surface area contributed by atoms with Gasteiger partial charge in [0, 0.05) is 29.4 Å². The van der Waals surface area contributed by atoms with Crippen LogP contribution in [0.5, 0.6) is 0 Å². The van der Waals surface area contributed by atoms with E-state index in [0.717, 1.165) is 16.6 Å². The third-order valence-electron chi connectivity index (χ3n) is 5.08. The lowest BCUT2D eigenvalue weighted by Crippen LogP contribution is -2.41. The fourth-order valence-corrected chi connectivity index (χ4v) is 3.36. The summed E-state index contributed by atoms with van der Waals surface area (Å²) < 4.78 is 2.02. The molecule has 0 bridgehead atoms. The quantitative estimate of drug-likeness (QED) is 0.831. The molecule has 1 aliphatic rings. The third-order valence-corrected chi connectivity index (χ3v) is 5.08. The molecule has 3 rings (SSSR count). The number of benzene rings is 1. The molecule has 2 aromatic rings. The van der Waals surface area contributed by atoms with E-state index < -0.39 is 0 Å². The highest BCUT2D eigenvalue weighted by Gasteiger charge is 2.31. The summed E-state index contributed by atoms with van der Waals surface area (Å²) in [4.78, 5) is 27.6. The molecule has 1 aromatic carbocycles. The van der Waals surface area contributed by atoms with Gasteiger partial charge >= 0.3 is 0 Å². The average Bonchev–Trinajstić information content (AvgIpc) is 2.92. The second kappa shape index (κ2) is 7.18. The first kappa shape index (κ1) is 19.1. The molecule has 0 unspecified atom stereocenters. The van der Waals surface area contributed by atoms with Crippen molar-refractivity contribution in [1.82, 2.24) is 14.5 Å². The van der Waals surface area contributed by atoms with Crippen LogP contribution in [0.3, 0.4) is 0 Å². The summed E-state index contributed by atoms with van der Waals surface area (Å²) in [5, 5.41) is 7.01. The summed E-state index contributed by atoms with van der Waals surface area (Å²) in [6, 6.07) is 9.86. The van der Waals surface area contributed by atoms with E-state index in [2.05, 4.69) is 25.9 Å². The van der Waals surface area contributed by atoms with E-state index in [1.807, 2.05) is 48.7 Å². The van der Waals surface area contributed by atoms with Crippen LogP contribution in [0.2, 0.25) is 0 Å². The van der Waals surface area contributed by atoms with E-state index in [-0.39, 0.29) is 23.8 Å². The molecule has 0 fully saturated rings. The predicted molar refractivity (Wildman–Crippen MR) is 108 cm³/mol. The minimum absolute atomic E-state index is 0.0401. The highest BCUT2D eigenvalue weighted by Crippen LogP contribution is 2.27. The number of fused-ring (bicyclic) bond motifs is 3. The number of amides is 2. The van der Waals surface area contributed by atoms with Gasteiger partial charge < -0.3 is 9.47 Å². The SMILES string of the molecule is CCN(CC)C(=O)CN1N=C(C(C)(C)C)Cn2c(cc3ccccc32)C1=O. The molecular weight excluding hydrogens is 340 g/mol. The van der Waals surface area contributed by atoms with Crippen molar-refractivity contribution in [2.75, 3.05) is 19.6 Å². The minimum atomic E-state index is -0.231. The van der Waals surface area contributed by atoms with Crippen molar-refractivity contribution in [3.63, 3.8) is 0 Å². The number of carbonyl (C=O) groups excluding carboxylic acids is 2. The Kier molecular flexibility index (Phi) is 5.09. The van der Waals surface area contributed by atoms with Crippen LogP contribution in [-0.4, -0.2) is 51.6 Å². The van der Waals surface area contributed by atoms with Gasteiger partial charge in [0.2, 0.25) is 5.91 Å². The molecule has 27 heavy (non-hydrogen) atoms. The summed E-state index contributed by atoms with van der Waals surface area (Å²) >= 11 is 0. The summed E-state index contributed by atoms with van der Waals surface area (Å²) in [5.74, 6) is -0.319. The van der Waals surface area contributed by atoms with E-state index in [1.54, 1.807) is 4.90 Å². The number of para-hydroxylation sites is 1. The molecule has 0 atom stereocenters. The summed E-state index contributed by atoms with van der Waals surface area (Å²) in [6.07, 6.45) is 0. The van der Waals surface area contributed by atoms with Crippen molar-refractivity contribution >= 4 is 28.4 Å². The topological polar surface area (TPSA) is 57.9 Å². The maximum absolute atomic E-state index is 13.2. The van der Waals surface area contributed by atoms with Crippen LogP contribution in [0.4, 0.5) is 0 Å². The summed E-state index contributed by atoms with van der Waals surface area (Å²) in [5.41, 5.74) is 2.24. The predicted octanol–water partition coefficient (Wildman–Crippen LogP) is 3.37. The Balaban J connectivity index is 2.07. The van der Waals surface area contributed by atoms with Gasteiger partial charge in [-0.3, -0.25) is 9.59 Å². The molecular formula is C21H28N4O2. The molecule has 0 aliphatic carbocycles. The van der Waals surface area contributed by atoms with Crippen LogP contribution in [-0.2, 0) is 11.3 Å². The molecule has 6 heteroatoms. The van der Waals surface area contributed by atoms with Gasteiger partial charge in [0.25, 0.3) is 5.91 Å². The van der Waals surface area contributed by atoms with Crippen molar-refractivity contribution in [2.24, 2.45) is 10.5 Å². The average molecular weight is 368 g/mol. The molecule has 0 saturated heterocycles. The zero-order valence-electron chi connectivity index (χ0n) is 16.8. The smallest absolute Gasteiger partial charge is 0.291 e. The lowest BCUT2D eigenvalue weighted by Gasteiger charge is -2.25. The Morgan fingerprint density at radius 3 is 2.48 bits per heavy atom. The molecule has 2 amide bonds. The summed E-state index contributed by atoms with van der Waals surface area (Å²) in [6.45, 7) is 11.9. The van der Waals surface area contributed by atoms with Gasteiger partial charge in [-0.1, -0.05) is 39.0 Å². The lowest BCUT2D eigenvalue weighted by atomic mass is 9.90. The Bertz CT molecular complexity index is 901. The van der Waals surface area contributed by atoms with Gasteiger partial charge in [0.05, 0.1) is 12.3 Å². The van der Waals surface area contributed by atoms with E-state index in [4.69, 9.17) is 0 Å². The van der Waals surface area contributed by atoms with Crippen LogP contribution in [0, 0.1) is 5.41 Å². The number of carbonyl (C=O) groups is 2. The third kappa shape index (κ3) is 3.61. The Labute approximate surface area is 160 Å². The Morgan fingerprint density at radius 1 is 1.19 bits per heavy atom. The van der Waals surface area contributed by atoms with Gasteiger partial charge in [-0.25, -0.2) is 5.01 Å². The standard InChI is InChI=1S/C21H28N4O2/c1-6-23(7-2)19(26)14-25-20(27)17-12-15-10-8-9-11-16(15)24(17)13-18(22-25)21(3,4)5/h8-12H,6-7,13-14H2,1-5H3. The molecule has 1 aromatic heterocycles. The maximum atomic E-state index is 13.2. The molecule has 6 nitrogen and oxygen atoms in total. The summed E-state index contributed by atoms with van der Waals surface area (Å²) in [7, 11) is 0. The van der Waals surface area contributed by atoms with Crippen LogP contribution in [0.25, 0.3) is 10.9 Å². The molecule has 144 valence electrons. The van der Waals surface area contributed by atoms with Crippen LogP contribution >= 0.6 is 0 Å². The fraction of sp³-hybridized carbons (Fsp3) is 0.476. The van der Waals surface area contributed by atoms with E-state index in [0.29, 0.717) is 25.3 Å². The number of likely N-dealkylation sites (N-methyl/N-ethyl adjacent to an activating group) is 1. The Morgan fingerprint density at radius 2 is 1.85 bits per heavy atom. The highest BCUT2D eigenvalue weighted by molar-refractivity contribution is 6.03. The van der Waals surface area contributed by atoms with Gasteiger partial charge in [-0.05, 0) is 26.0 Å². The van der Waals surface area contributed by atoms with Crippen molar-refractivity contribution in [2.45, 2.75) is 41.2 Å². The second-order valence-corrected chi connectivity index (χ2v) is 7.90. The number of rotatable bonds is 4. The maximum Gasteiger partial charge on any atom is 0.291 e. The largest absolute Gasteiger partial charge is 0.342 e. The van der Waals surface area contributed by atoms with Gasteiger partial charge in [-0.2, -0.15) is 5.10 Å². The number of hydrogen-bond donors (Lipinski definition) is 0. The molecule has 1 aliphatic heterocycles. The van der Waals surface area contributed by atoms with Crippen molar-refractivity contribution in [1.29, 1.82) is 0 Å². The number of aromatic nitrogens is 1. The zero-order chi connectivity index (χ0) is 19.8. The second-order valence-electron chi connectivity index (χ2n) is 7.90. The zero-order valence-corrected chi connectivity index (χ0v) is 16.8. The molecule has 0 spiro atoms. The monoisotopic (exact) mass is 368 g/mol. The molecule has 2 heterocycles. The first-order valence-corrected chi connectivity index (χ1v) is 9.52. The van der Waals surface area contributed by atoms with Gasteiger partial charge in [-0.15, -0.1) is 0 Å². The minimum Gasteiger partial charge on any atom is -0.342 e. The van der Waals surface area contributed by atoms with Gasteiger partial charge in [0.1, 0.15) is 12.2 Å². The molecule has 0 radical (unpaired) electrons. The van der Waals surface area contributed by atoms with E-state index in [1.165, 1.54) is 5.01 Å². The van der Waals surface area contributed by atoms with E-state index in [9.17, 15) is 9.59 Å². The van der Waals surface area contributed by atoms with Crippen LogP contribution in [0.1, 0.15) is 45.1 Å². The fourth-order valence-electron chi connectivity index (χ4n) is 3.36. The first-order chi connectivity index (χ1) is 12.8. The van der Waals surface area contributed by atoms with Crippen molar-refractivity contribution in [3.05, 3.63) is 36.0 Å². The molecule has 0 saturated carbocycles.